The first-order valence-corrected chi connectivity index (χ1v) is 5.68. The number of aliphatic hydroxyl groups is 1. The molecule has 1 rings (SSSR count). The lowest BCUT2D eigenvalue weighted by molar-refractivity contribution is 0.0694. The molecule has 0 fully saturated rings. The van der Waals surface area contributed by atoms with Gasteiger partial charge in [-0.15, -0.1) is 0 Å². The number of benzene rings is 1. The Bertz CT molecular complexity index is 425. The summed E-state index contributed by atoms with van der Waals surface area (Å²) in [6.45, 7) is 2.12. The van der Waals surface area contributed by atoms with E-state index in [4.69, 9.17) is 10.2 Å². The lowest BCUT2D eigenvalue weighted by Gasteiger charge is -2.18. The normalized spacial score (nSPS) is 11.9. The lowest BCUT2D eigenvalue weighted by atomic mass is 10.1. The third-order valence-corrected chi connectivity index (χ3v) is 2.61. The van der Waals surface area contributed by atoms with Crippen LogP contribution in [0.25, 0.3) is 0 Å². The van der Waals surface area contributed by atoms with Crippen LogP contribution >= 0.6 is 0 Å². The molecule has 1 aromatic carbocycles. The number of rotatable bonds is 5. The maximum absolute atomic E-state index is 11.9. The Morgan fingerprint density at radius 2 is 1.72 bits per heavy atom. The van der Waals surface area contributed by atoms with Crippen molar-refractivity contribution in [3.8, 4) is 0 Å². The largest absolute Gasteiger partial charge is 0.478 e. The fourth-order valence-corrected chi connectivity index (χ4v) is 1.46. The summed E-state index contributed by atoms with van der Waals surface area (Å²) >= 11 is 0. The first-order chi connectivity index (χ1) is 8.41. The molecular weight excluding hydrogens is 234 g/mol. The van der Waals surface area contributed by atoms with Crippen LogP contribution in [0.1, 0.15) is 34.1 Å². The average Bonchev–Trinajstić information content (AvgIpc) is 2.35. The van der Waals surface area contributed by atoms with Crippen molar-refractivity contribution in [2.24, 2.45) is 0 Å². The number of amides is 1. The molecule has 0 aromatic heterocycles. The molecule has 5 nitrogen and oxygen atoms in total. The molecule has 0 heterocycles. The highest BCUT2D eigenvalue weighted by Gasteiger charge is 2.12. The van der Waals surface area contributed by atoms with Crippen molar-refractivity contribution in [1.29, 1.82) is 0 Å². The minimum Gasteiger partial charge on any atom is -0.478 e. The second-order valence-electron chi connectivity index (χ2n) is 4.25. The van der Waals surface area contributed by atoms with E-state index in [1.807, 2.05) is 0 Å². The highest BCUT2D eigenvalue weighted by atomic mass is 16.4. The van der Waals surface area contributed by atoms with Crippen molar-refractivity contribution in [1.82, 2.24) is 4.90 Å². The summed E-state index contributed by atoms with van der Waals surface area (Å²) in [5.74, 6) is -1.20. The molecule has 1 unspecified atom stereocenters. The van der Waals surface area contributed by atoms with Crippen LogP contribution in [0, 0.1) is 0 Å². The number of aromatic carboxylic acids is 1. The minimum atomic E-state index is -1.02. The average molecular weight is 251 g/mol. The Morgan fingerprint density at radius 1 is 1.22 bits per heavy atom. The van der Waals surface area contributed by atoms with Crippen molar-refractivity contribution in [3.05, 3.63) is 35.4 Å². The van der Waals surface area contributed by atoms with Crippen LogP contribution in [0.2, 0.25) is 0 Å². The van der Waals surface area contributed by atoms with E-state index in [0.29, 0.717) is 18.5 Å². The number of hydrogen-bond acceptors (Lipinski definition) is 3. The van der Waals surface area contributed by atoms with Crippen LogP contribution in [0.15, 0.2) is 24.3 Å². The standard InChI is InChI=1S/C13H17NO4/c1-9(15)7-8-14(2)12(16)10-3-5-11(6-4-10)13(17)18/h3-6,9,15H,7-8H2,1-2H3,(H,17,18). The van der Waals surface area contributed by atoms with Gasteiger partial charge >= 0.3 is 5.97 Å². The smallest absolute Gasteiger partial charge is 0.335 e. The number of nitrogens with zero attached hydrogens (tertiary/aromatic N) is 1. The number of aliphatic hydroxyl groups excluding tert-OH is 1. The summed E-state index contributed by atoms with van der Waals surface area (Å²) in [7, 11) is 1.65. The second kappa shape index (κ2) is 6.16. The van der Waals surface area contributed by atoms with Crippen molar-refractivity contribution in [3.63, 3.8) is 0 Å². The number of carboxylic acid groups (broad SMARTS) is 1. The second-order valence-corrected chi connectivity index (χ2v) is 4.25. The first kappa shape index (κ1) is 14.2. The quantitative estimate of drug-likeness (QED) is 0.825. The van der Waals surface area contributed by atoms with Gasteiger partial charge in [-0.3, -0.25) is 4.79 Å². The van der Waals surface area contributed by atoms with Crippen molar-refractivity contribution in [2.45, 2.75) is 19.4 Å². The first-order valence-electron chi connectivity index (χ1n) is 5.68. The fraction of sp³-hybridized carbons (Fsp3) is 0.385. The Labute approximate surface area is 106 Å². The predicted molar refractivity (Wildman–Crippen MR) is 66.7 cm³/mol. The Kier molecular flexibility index (Phi) is 4.85. The summed E-state index contributed by atoms with van der Waals surface area (Å²) in [6.07, 6.45) is 0.0600. The molecule has 1 amide bonds. The highest BCUT2D eigenvalue weighted by molar-refractivity contribution is 5.95. The van der Waals surface area contributed by atoms with E-state index in [-0.39, 0.29) is 11.5 Å². The zero-order chi connectivity index (χ0) is 13.7. The molecule has 0 saturated heterocycles. The summed E-state index contributed by atoms with van der Waals surface area (Å²) in [6, 6.07) is 5.78. The zero-order valence-corrected chi connectivity index (χ0v) is 10.5. The Balaban J connectivity index is 2.69. The van der Waals surface area contributed by atoms with Crippen LogP contribution in [-0.4, -0.2) is 46.7 Å². The molecular formula is C13H17NO4. The number of carbonyl (C=O) groups is 2. The van der Waals surface area contributed by atoms with Crippen molar-refractivity contribution < 1.29 is 19.8 Å². The maximum Gasteiger partial charge on any atom is 0.335 e. The van der Waals surface area contributed by atoms with Gasteiger partial charge in [0, 0.05) is 19.2 Å². The van der Waals surface area contributed by atoms with E-state index in [9.17, 15) is 9.59 Å². The molecule has 0 aliphatic rings. The molecule has 1 aromatic rings. The summed E-state index contributed by atoms with van der Waals surface area (Å²) in [5, 5.41) is 17.9. The molecule has 1 atom stereocenters. The van der Waals surface area contributed by atoms with Crippen LogP contribution < -0.4 is 0 Å². The molecule has 0 radical (unpaired) electrons. The van der Waals surface area contributed by atoms with Crippen LogP contribution in [0.4, 0.5) is 0 Å². The van der Waals surface area contributed by atoms with Crippen LogP contribution in [0.5, 0.6) is 0 Å². The van der Waals surface area contributed by atoms with Gasteiger partial charge in [-0.05, 0) is 37.6 Å². The summed E-state index contributed by atoms with van der Waals surface area (Å²) in [5.41, 5.74) is 0.589. The van der Waals surface area contributed by atoms with Gasteiger partial charge in [-0.1, -0.05) is 0 Å². The van der Waals surface area contributed by atoms with Gasteiger partial charge in [0.15, 0.2) is 0 Å². The molecule has 0 saturated carbocycles. The van der Waals surface area contributed by atoms with Crippen LogP contribution in [0.3, 0.4) is 0 Å². The maximum atomic E-state index is 11.9. The van der Waals surface area contributed by atoms with Gasteiger partial charge in [-0.25, -0.2) is 4.79 Å². The molecule has 98 valence electrons. The van der Waals surface area contributed by atoms with E-state index in [1.165, 1.54) is 29.2 Å². The molecule has 0 bridgehead atoms. The highest BCUT2D eigenvalue weighted by Crippen LogP contribution is 2.08. The Hall–Kier alpha value is -1.88. The minimum absolute atomic E-state index is 0.151. The topological polar surface area (TPSA) is 77.8 Å². The molecule has 0 aliphatic heterocycles. The number of carboxylic acids is 1. The van der Waals surface area contributed by atoms with Gasteiger partial charge < -0.3 is 15.1 Å². The van der Waals surface area contributed by atoms with E-state index in [2.05, 4.69) is 0 Å². The molecule has 0 aliphatic carbocycles. The van der Waals surface area contributed by atoms with E-state index >= 15 is 0 Å². The van der Waals surface area contributed by atoms with Crippen molar-refractivity contribution >= 4 is 11.9 Å². The SMILES string of the molecule is CC(O)CCN(C)C(=O)c1ccc(C(=O)O)cc1. The predicted octanol–water partition coefficient (Wildman–Crippen LogP) is 1.23. The Morgan fingerprint density at radius 3 is 2.17 bits per heavy atom. The van der Waals surface area contributed by atoms with Gasteiger partial charge in [0.2, 0.25) is 0 Å². The third-order valence-electron chi connectivity index (χ3n) is 2.61. The zero-order valence-electron chi connectivity index (χ0n) is 10.5. The lowest BCUT2D eigenvalue weighted by Crippen LogP contribution is -2.29. The van der Waals surface area contributed by atoms with Gasteiger partial charge in [0.1, 0.15) is 0 Å². The van der Waals surface area contributed by atoms with Gasteiger partial charge in [0.05, 0.1) is 11.7 Å². The molecule has 5 heteroatoms. The summed E-state index contributed by atoms with van der Waals surface area (Å²) in [4.78, 5) is 24.1. The summed E-state index contributed by atoms with van der Waals surface area (Å²) < 4.78 is 0. The number of hydrogen-bond donors (Lipinski definition) is 2. The van der Waals surface area contributed by atoms with Crippen molar-refractivity contribution in [2.75, 3.05) is 13.6 Å². The fourth-order valence-electron chi connectivity index (χ4n) is 1.46. The molecule has 0 spiro atoms. The number of carbonyl (C=O) groups excluding carboxylic acids is 1. The van der Waals surface area contributed by atoms with Gasteiger partial charge in [0.25, 0.3) is 5.91 Å². The van der Waals surface area contributed by atoms with E-state index < -0.39 is 12.1 Å². The molecule has 18 heavy (non-hydrogen) atoms. The molecule has 2 N–H and O–H groups in total. The van der Waals surface area contributed by atoms with Gasteiger partial charge in [-0.2, -0.15) is 0 Å². The van der Waals surface area contributed by atoms with Crippen LogP contribution in [-0.2, 0) is 0 Å². The van der Waals surface area contributed by atoms with E-state index in [1.54, 1.807) is 14.0 Å². The third kappa shape index (κ3) is 3.85. The monoisotopic (exact) mass is 251 g/mol. The van der Waals surface area contributed by atoms with E-state index in [0.717, 1.165) is 0 Å².